The molecule has 0 aromatic heterocycles. The summed E-state index contributed by atoms with van der Waals surface area (Å²) in [5.74, 6) is -1.46. The Labute approximate surface area is 129 Å². The Balaban J connectivity index is 4.64. The van der Waals surface area contributed by atoms with Gasteiger partial charge in [0.25, 0.3) is 0 Å². The molecular formula is C15H24O7. The van der Waals surface area contributed by atoms with Crippen LogP contribution in [0.5, 0.6) is 0 Å². The molecule has 0 spiro atoms. The molecule has 0 aromatic carbocycles. The number of carbonyl (C=O) groups is 2. The summed E-state index contributed by atoms with van der Waals surface area (Å²) in [7, 11) is 0. The summed E-state index contributed by atoms with van der Waals surface area (Å²) in [4.78, 5) is 23.0. The molecule has 0 heterocycles. The molecule has 2 atom stereocenters. The molecule has 0 amide bonds. The minimum atomic E-state index is -1.22. The fourth-order valence-electron chi connectivity index (χ4n) is 1.41. The van der Waals surface area contributed by atoms with E-state index >= 15 is 0 Å². The first-order valence-corrected chi connectivity index (χ1v) is 6.89. The monoisotopic (exact) mass is 316 g/mol. The molecule has 0 saturated carbocycles. The number of ether oxygens (including phenoxy) is 2. The topological polar surface area (TPSA) is 113 Å². The second-order valence-electron chi connectivity index (χ2n) is 5.03. The molecule has 22 heavy (non-hydrogen) atoms. The van der Waals surface area contributed by atoms with Crippen LogP contribution in [-0.2, 0) is 19.1 Å². The van der Waals surface area contributed by atoms with Crippen LogP contribution in [0, 0.1) is 0 Å². The van der Waals surface area contributed by atoms with Gasteiger partial charge in [-0.3, -0.25) is 0 Å². The highest BCUT2D eigenvalue weighted by molar-refractivity contribution is 5.88. The fourth-order valence-corrected chi connectivity index (χ4v) is 1.41. The Bertz CT molecular complexity index is 388. The Morgan fingerprint density at radius 3 is 1.68 bits per heavy atom. The molecule has 7 nitrogen and oxygen atoms in total. The van der Waals surface area contributed by atoms with Crippen molar-refractivity contribution in [2.45, 2.75) is 51.6 Å². The molecule has 2 unspecified atom stereocenters. The van der Waals surface area contributed by atoms with Gasteiger partial charge in [0.15, 0.2) is 0 Å². The van der Waals surface area contributed by atoms with E-state index in [0.717, 1.165) is 0 Å². The zero-order valence-corrected chi connectivity index (χ0v) is 12.9. The van der Waals surface area contributed by atoms with E-state index < -0.39 is 30.4 Å². The summed E-state index contributed by atoms with van der Waals surface area (Å²) in [6, 6.07) is 0. The number of esters is 2. The molecule has 0 fully saturated rings. The minimum Gasteiger partial charge on any atom is -0.422 e. The van der Waals surface area contributed by atoms with Crippen LogP contribution in [0.4, 0.5) is 0 Å². The molecule has 0 aromatic rings. The minimum absolute atomic E-state index is 0.0122. The van der Waals surface area contributed by atoms with Crippen LogP contribution < -0.4 is 0 Å². The lowest BCUT2D eigenvalue weighted by Crippen LogP contribution is -2.31. The number of rotatable bonds is 10. The molecule has 0 aliphatic carbocycles. The van der Waals surface area contributed by atoms with E-state index in [9.17, 15) is 19.8 Å². The summed E-state index contributed by atoms with van der Waals surface area (Å²) in [5, 5.41) is 27.9. The van der Waals surface area contributed by atoms with Crippen molar-refractivity contribution >= 4 is 11.9 Å². The number of carbonyl (C=O) groups excluding carboxylic acids is 2. The van der Waals surface area contributed by atoms with Gasteiger partial charge in [-0.15, -0.1) is 0 Å². The highest BCUT2D eigenvalue weighted by atomic mass is 16.7. The van der Waals surface area contributed by atoms with Crippen molar-refractivity contribution in [1.82, 2.24) is 0 Å². The second-order valence-corrected chi connectivity index (χ2v) is 5.03. The van der Waals surface area contributed by atoms with Gasteiger partial charge < -0.3 is 24.8 Å². The average molecular weight is 316 g/mol. The zero-order chi connectivity index (χ0) is 17.3. The first-order valence-electron chi connectivity index (χ1n) is 6.89. The third kappa shape index (κ3) is 7.92. The molecule has 126 valence electrons. The highest BCUT2D eigenvalue weighted by Gasteiger charge is 2.23. The lowest BCUT2D eigenvalue weighted by Gasteiger charge is -2.21. The van der Waals surface area contributed by atoms with Gasteiger partial charge in [0.05, 0.1) is 12.2 Å². The summed E-state index contributed by atoms with van der Waals surface area (Å²) in [5.41, 5.74) is 0.273. The van der Waals surface area contributed by atoms with Gasteiger partial charge in [-0.25, -0.2) is 9.59 Å². The number of aliphatic hydroxyl groups excluding tert-OH is 3. The van der Waals surface area contributed by atoms with E-state index in [0.29, 0.717) is 0 Å². The van der Waals surface area contributed by atoms with Gasteiger partial charge in [0.2, 0.25) is 6.29 Å². The Morgan fingerprint density at radius 2 is 1.32 bits per heavy atom. The van der Waals surface area contributed by atoms with Crippen molar-refractivity contribution in [3.8, 4) is 0 Å². The predicted octanol–water partition coefficient (Wildman–Crippen LogP) is 0.436. The van der Waals surface area contributed by atoms with Crippen LogP contribution >= 0.6 is 0 Å². The average Bonchev–Trinajstić information content (AvgIpc) is 2.43. The molecule has 0 aliphatic rings. The summed E-state index contributed by atoms with van der Waals surface area (Å²) in [6.45, 7) is 9.46. The summed E-state index contributed by atoms with van der Waals surface area (Å²) < 4.78 is 9.92. The van der Waals surface area contributed by atoms with E-state index in [1.54, 1.807) is 0 Å². The third-order valence-electron chi connectivity index (χ3n) is 2.74. The highest BCUT2D eigenvalue weighted by Crippen LogP contribution is 2.14. The van der Waals surface area contributed by atoms with Gasteiger partial charge >= 0.3 is 11.9 Å². The molecule has 0 bridgehead atoms. The largest absolute Gasteiger partial charge is 0.422 e. The van der Waals surface area contributed by atoms with Crippen molar-refractivity contribution in [3.63, 3.8) is 0 Å². The van der Waals surface area contributed by atoms with Crippen molar-refractivity contribution < 1.29 is 34.4 Å². The van der Waals surface area contributed by atoms with Crippen molar-refractivity contribution in [3.05, 3.63) is 24.3 Å². The maximum Gasteiger partial charge on any atom is 0.336 e. The van der Waals surface area contributed by atoms with E-state index in [-0.39, 0.29) is 37.0 Å². The molecule has 0 rings (SSSR count). The lowest BCUT2D eigenvalue weighted by molar-refractivity contribution is -0.184. The third-order valence-corrected chi connectivity index (χ3v) is 2.74. The van der Waals surface area contributed by atoms with Gasteiger partial charge in [-0.1, -0.05) is 13.2 Å². The zero-order valence-electron chi connectivity index (χ0n) is 12.9. The van der Waals surface area contributed by atoms with E-state index in [4.69, 9.17) is 14.6 Å². The van der Waals surface area contributed by atoms with Crippen LogP contribution in [0.25, 0.3) is 0 Å². The molecule has 0 aliphatic heterocycles. The second kappa shape index (κ2) is 10.1. The van der Waals surface area contributed by atoms with Gasteiger partial charge in [-0.05, 0) is 26.7 Å². The predicted molar refractivity (Wildman–Crippen MR) is 78.6 cm³/mol. The van der Waals surface area contributed by atoms with Gasteiger partial charge in [-0.2, -0.15) is 0 Å². The van der Waals surface area contributed by atoms with Gasteiger partial charge in [0, 0.05) is 24.2 Å². The number of hydrogen-bond acceptors (Lipinski definition) is 7. The molecule has 3 N–H and O–H groups in total. The summed E-state index contributed by atoms with van der Waals surface area (Å²) in [6.07, 6.45) is -3.45. The Hall–Kier alpha value is -1.70. The van der Waals surface area contributed by atoms with Crippen LogP contribution in [0.3, 0.4) is 0 Å². The molecule has 7 heteroatoms. The maximum atomic E-state index is 11.5. The fraction of sp³-hybridized carbons (Fsp3) is 0.600. The van der Waals surface area contributed by atoms with Crippen LogP contribution in [0.15, 0.2) is 24.3 Å². The van der Waals surface area contributed by atoms with Crippen LogP contribution in [0.1, 0.15) is 33.1 Å². The smallest absolute Gasteiger partial charge is 0.336 e. The van der Waals surface area contributed by atoms with E-state index in [2.05, 4.69) is 13.2 Å². The lowest BCUT2D eigenvalue weighted by atomic mass is 10.1. The summed E-state index contributed by atoms with van der Waals surface area (Å²) >= 11 is 0. The quantitative estimate of drug-likeness (QED) is 0.304. The van der Waals surface area contributed by atoms with Crippen LogP contribution in [0.2, 0.25) is 0 Å². The first kappa shape index (κ1) is 20.3. The molecule has 0 saturated heterocycles. The van der Waals surface area contributed by atoms with E-state index in [1.807, 2.05) is 0 Å². The van der Waals surface area contributed by atoms with E-state index in [1.165, 1.54) is 13.8 Å². The Morgan fingerprint density at radius 1 is 0.909 bits per heavy atom. The van der Waals surface area contributed by atoms with Gasteiger partial charge in [0.1, 0.15) is 0 Å². The standard InChI is InChI=1S/C15H24O7/c1-9(2)14(19)21-13(22-15(20)10(3)4)6-5-11(17)12(18)7-8-16/h11-13,16-18H,1,3,5-8H2,2,4H3. The van der Waals surface area contributed by atoms with Crippen molar-refractivity contribution in [2.75, 3.05) is 6.61 Å². The first-order chi connectivity index (χ1) is 10.2. The van der Waals surface area contributed by atoms with Crippen molar-refractivity contribution in [1.29, 1.82) is 0 Å². The normalized spacial score (nSPS) is 13.4. The Kier molecular flexibility index (Phi) is 9.32. The molecular weight excluding hydrogens is 292 g/mol. The van der Waals surface area contributed by atoms with Crippen molar-refractivity contribution in [2.24, 2.45) is 0 Å². The number of hydrogen-bond donors (Lipinski definition) is 3. The molecule has 0 radical (unpaired) electrons. The SMILES string of the molecule is C=C(C)C(=O)OC(CCC(O)C(O)CCO)OC(=O)C(=C)C. The van der Waals surface area contributed by atoms with Crippen LogP contribution in [-0.4, -0.2) is 52.4 Å². The maximum absolute atomic E-state index is 11.5. The number of aliphatic hydroxyl groups is 3.